The molecule has 0 saturated heterocycles. The van der Waals surface area contributed by atoms with E-state index >= 15 is 0 Å². The standard InChI is InChI=1S/C59H113NO5/c1-3-5-7-9-11-13-15-16-28-32-35-39-43-47-51-57(62)56(55-61)60-58(63)52-48-44-40-36-33-29-26-24-22-20-18-17-19-21-23-25-27-30-34-38-42-46-50-54-65-59(64)53-49-45-41-37-31-14-12-10-8-6-4-2/h10,12,47,51,56-57,61-62H,3-9,11,13-46,48-50,52-55H2,1-2H3,(H,60,63)/b12-10-,51-47+. The number of rotatable bonds is 54. The summed E-state index contributed by atoms with van der Waals surface area (Å²) in [6.07, 6.45) is 66.3. The van der Waals surface area contributed by atoms with E-state index in [0.29, 0.717) is 19.4 Å². The van der Waals surface area contributed by atoms with Crippen molar-refractivity contribution in [2.75, 3.05) is 13.2 Å². The van der Waals surface area contributed by atoms with Gasteiger partial charge in [-0.05, 0) is 51.4 Å². The monoisotopic (exact) mass is 916 g/mol. The lowest BCUT2D eigenvalue weighted by Crippen LogP contribution is -2.45. The smallest absolute Gasteiger partial charge is 0.305 e. The topological polar surface area (TPSA) is 95.9 Å². The zero-order chi connectivity index (χ0) is 47.2. The molecular weight excluding hydrogens is 803 g/mol. The molecule has 384 valence electrons. The van der Waals surface area contributed by atoms with Gasteiger partial charge in [0.1, 0.15) is 0 Å². The summed E-state index contributed by atoms with van der Waals surface area (Å²) in [6.45, 7) is 4.87. The Kier molecular flexibility index (Phi) is 53.5. The van der Waals surface area contributed by atoms with Gasteiger partial charge in [0.05, 0.1) is 25.4 Å². The van der Waals surface area contributed by atoms with Gasteiger partial charge in [0.15, 0.2) is 0 Å². The maximum absolute atomic E-state index is 12.4. The summed E-state index contributed by atoms with van der Waals surface area (Å²) in [5.41, 5.74) is 0. The number of aliphatic hydroxyl groups excluding tert-OH is 2. The second-order valence-corrected chi connectivity index (χ2v) is 20.0. The van der Waals surface area contributed by atoms with Crippen LogP contribution in [0.4, 0.5) is 0 Å². The highest BCUT2D eigenvalue weighted by atomic mass is 16.5. The van der Waals surface area contributed by atoms with Gasteiger partial charge in [0.2, 0.25) is 5.91 Å². The number of aliphatic hydroxyl groups is 2. The Labute approximate surface area is 405 Å². The van der Waals surface area contributed by atoms with Gasteiger partial charge in [-0.3, -0.25) is 9.59 Å². The molecule has 0 spiro atoms. The Hall–Kier alpha value is -1.66. The van der Waals surface area contributed by atoms with Crippen molar-refractivity contribution < 1.29 is 24.5 Å². The zero-order valence-electron chi connectivity index (χ0n) is 43.7. The number of hydrogen-bond acceptors (Lipinski definition) is 5. The summed E-state index contributed by atoms with van der Waals surface area (Å²) in [4.78, 5) is 24.4. The molecule has 0 aromatic heterocycles. The fraction of sp³-hybridized carbons (Fsp3) is 0.898. The van der Waals surface area contributed by atoms with E-state index in [2.05, 4.69) is 31.3 Å². The van der Waals surface area contributed by atoms with Crippen molar-refractivity contribution in [1.82, 2.24) is 5.32 Å². The van der Waals surface area contributed by atoms with Crippen LogP contribution >= 0.6 is 0 Å². The Morgan fingerprint density at radius 3 is 1.14 bits per heavy atom. The Bertz CT molecular complexity index is 1010. The number of carbonyl (C=O) groups excluding carboxylic acids is 2. The molecule has 0 aromatic carbocycles. The Morgan fingerprint density at radius 1 is 0.415 bits per heavy atom. The molecule has 0 aliphatic rings. The molecule has 0 radical (unpaired) electrons. The minimum atomic E-state index is -0.843. The lowest BCUT2D eigenvalue weighted by molar-refractivity contribution is -0.143. The predicted molar refractivity (Wildman–Crippen MR) is 283 cm³/mol. The van der Waals surface area contributed by atoms with Crippen LogP contribution in [0.5, 0.6) is 0 Å². The molecule has 6 heteroatoms. The Morgan fingerprint density at radius 2 is 0.738 bits per heavy atom. The first-order chi connectivity index (χ1) is 32.0. The first-order valence-electron chi connectivity index (χ1n) is 29.1. The molecule has 3 N–H and O–H groups in total. The molecule has 0 heterocycles. The van der Waals surface area contributed by atoms with E-state index in [4.69, 9.17) is 4.74 Å². The highest BCUT2D eigenvalue weighted by Crippen LogP contribution is 2.17. The number of allylic oxidation sites excluding steroid dienone is 3. The van der Waals surface area contributed by atoms with Gasteiger partial charge >= 0.3 is 5.97 Å². The van der Waals surface area contributed by atoms with Crippen molar-refractivity contribution >= 4 is 11.9 Å². The van der Waals surface area contributed by atoms with Crippen LogP contribution in [0.3, 0.4) is 0 Å². The second kappa shape index (κ2) is 54.9. The summed E-state index contributed by atoms with van der Waals surface area (Å²) in [7, 11) is 0. The highest BCUT2D eigenvalue weighted by molar-refractivity contribution is 5.76. The number of nitrogens with one attached hydrogen (secondary N) is 1. The average Bonchev–Trinajstić information content (AvgIpc) is 3.31. The molecule has 2 atom stereocenters. The lowest BCUT2D eigenvalue weighted by Gasteiger charge is -2.20. The molecule has 0 aromatic rings. The first kappa shape index (κ1) is 63.3. The average molecular weight is 917 g/mol. The maximum Gasteiger partial charge on any atom is 0.305 e. The number of unbranched alkanes of at least 4 members (excludes halogenated alkanes) is 41. The van der Waals surface area contributed by atoms with E-state index in [1.165, 1.54) is 244 Å². The minimum Gasteiger partial charge on any atom is -0.466 e. The van der Waals surface area contributed by atoms with Crippen molar-refractivity contribution in [2.24, 2.45) is 0 Å². The van der Waals surface area contributed by atoms with Crippen molar-refractivity contribution in [1.29, 1.82) is 0 Å². The summed E-state index contributed by atoms with van der Waals surface area (Å²) in [5.74, 6) is -0.0639. The number of esters is 1. The van der Waals surface area contributed by atoms with Crippen LogP contribution in [-0.4, -0.2) is 47.4 Å². The number of carbonyl (C=O) groups is 2. The van der Waals surface area contributed by atoms with E-state index in [-0.39, 0.29) is 18.5 Å². The predicted octanol–water partition coefficient (Wildman–Crippen LogP) is 17.9. The molecule has 2 unspecified atom stereocenters. The molecule has 6 nitrogen and oxygen atoms in total. The third-order valence-electron chi connectivity index (χ3n) is 13.5. The summed E-state index contributed by atoms with van der Waals surface area (Å²) in [6, 6.07) is -0.626. The fourth-order valence-corrected chi connectivity index (χ4v) is 8.97. The van der Waals surface area contributed by atoms with Crippen molar-refractivity contribution in [2.45, 2.75) is 328 Å². The zero-order valence-corrected chi connectivity index (χ0v) is 43.7. The molecule has 0 aliphatic heterocycles. The van der Waals surface area contributed by atoms with Crippen LogP contribution in [0.1, 0.15) is 316 Å². The van der Waals surface area contributed by atoms with Gasteiger partial charge in [-0.25, -0.2) is 0 Å². The summed E-state index contributed by atoms with van der Waals surface area (Å²) < 4.78 is 5.46. The highest BCUT2D eigenvalue weighted by Gasteiger charge is 2.18. The molecule has 0 aliphatic carbocycles. The summed E-state index contributed by atoms with van der Waals surface area (Å²) in [5, 5.41) is 23.1. The molecule has 0 rings (SSSR count). The van der Waals surface area contributed by atoms with Crippen molar-refractivity contribution in [3.05, 3.63) is 24.3 Å². The van der Waals surface area contributed by atoms with Crippen molar-refractivity contribution in [3.63, 3.8) is 0 Å². The van der Waals surface area contributed by atoms with E-state index in [1.807, 2.05) is 6.08 Å². The second-order valence-electron chi connectivity index (χ2n) is 20.0. The van der Waals surface area contributed by atoms with Gasteiger partial charge < -0.3 is 20.3 Å². The van der Waals surface area contributed by atoms with Gasteiger partial charge in [0.25, 0.3) is 0 Å². The quantitative estimate of drug-likeness (QED) is 0.0321. The van der Waals surface area contributed by atoms with Gasteiger partial charge in [-0.1, -0.05) is 276 Å². The largest absolute Gasteiger partial charge is 0.466 e. The molecule has 1 amide bonds. The Balaban J connectivity index is 3.40. The number of ether oxygens (including phenoxy) is 1. The van der Waals surface area contributed by atoms with E-state index < -0.39 is 12.1 Å². The van der Waals surface area contributed by atoms with Crippen LogP contribution in [0.2, 0.25) is 0 Å². The van der Waals surface area contributed by atoms with Crippen LogP contribution in [0.15, 0.2) is 24.3 Å². The maximum atomic E-state index is 12.4. The normalized spacial score (nSPS) is 12.7. The fourth-order valence-electron chi connectivity index (χ4n) is 8.97. The van der Waals surface area contributed by atoms with E-state index in [9.17, 15) is 19.8 Å². The van der Waals surface area contributed by atoms with Gasteiger partial charge in [-0.2, -0.15) is 0 Å². The van der Waals surface area contributed by atoms with Crippen LogP contribution in [-0.2, 0) is 14.3 Å². The lowest BCUT2D eigenvalue weighted by atomic mass is 10.0. The molecule has 0 bridgehead atoms. The molecule has 65 heavy (non-hydrogen) atoms. The minimum absolute atomic E-state index is 0.00274. The molecule has 0 fully saturated rings. The summed E-state index contributed by atoms with van der Waals surface area (Å²) >= 11 is 0. The molecular formula is C59H113NO5. The molecule has 0 saturated carbocycles. The van der Waals surface area contributed by atoms with E-state index in [0.717, 1.165) is 44.9 Å². The van der Waals surface area contributed by atoms with Gasteiger partial charge in [0, 0.05) is 12.8 Å². The number of amides is 1. The first-order valence-corrected chi connectivity index (χ1v) is 29.1. The van der Waals surface area contributed by atoms with Gasteiger partial charge in [-0.15, -0.1) is 0 Å². The van der Waals surface area contributed by atoms with E-state index in [1.54, 1.807) is 6.08 Å². The van der Waals surface area contributed by atoms with Crippen LogP contribution in [0.25, 0.3) is 0 Å². The van der Waals surface area contributed by atoms with Crippen LogP contribution < -0.4 is 5.32 Å². The third-order valence-corrected chi connectivity index (χ3v) is 13.5. The SMILES string of the molecule is CCCC/C=C\CCCCCCCC(=O)OCCCCCCCCCCCCCCCCCCCCCCCCCC(=O)NC(CO)C(O)/C=C/CCCCCCCCCCCCCC. The third kappa shape index (κ3) is 51.6. The number of hydrogen-bond donors (Lipinski definition) is 3. The van der Waals surface area contributed by atoms with Crippen LogP contribution in [0, 0.1) is 0 Å². The van der Waals surface area contributed by atoms with Crippen molar-refractivity contribution in [3.8, 4) is 0 Å².